The van der Waals surface area contributed by atoms with E-state index >= 15 is 4.39 Å². The molecule has 0 amide bonds. The van der Waals surface area contributed by atoms with E-state index in [-0.39, 0.29) is 18.0 Å². The first-order chi connectivity index (χ1) is 17.4. The largest absolute Gasteiger partial charge is 0.487 e. The number of hydrogen-bond acceptors (Lipinski definition) is 4. The fraction of sp³-hybridized carbons (Fsp3) is 0.321. The van der Waals surface area contributed by atoms with Crippen LogP contribution in [0.5, 0.6) is 5.75 Å². The van der Waals surface area contributed by atoms with Crippen LogP contribution in [0.4, 0.5) is 4.39 Å². The number of benzene rings is 2. The highest BCUT2D eigenvalue weighted by molar-refractivity contribution is 9.10. The van der Waals surface area contributed by atoms with Crippen LogP contribution in [-0.2, 0) is 17.9 Å². The zero-order chi connectivity index (χ0) is 25.2. The molecule has 0 saturated heterocycles. The third-order valence-corrected chi connectivity index (χ3v) is 7.37. The number of nitrogens with zero attached hydrogens (tertiary/aromatic N) is 3. The molecule has 2 heterocycles. The van der Waals surface area contributed by atoms with Crippen LogP contribution >= 0.6 is 15.9 Å². The maximum Gasteiger partial charge on any atom is 0.307 e. The van der Waals surface area contributed by atoms with Crippen molar-refractivity contribution < 1.29 is 19.0 Å². The summed E-state index contributed by atoms with van der Waals surface area (Å²) in [4.78, 5) is 21.1. The van der Waals surface area contributed by atoms with Gasteiger partial charge in [-0.05, 0) is 49.1 Å². The van der Waals surface area contributed by atoms with Crippen molar-refractivity contribution in [3.63, 3.8) is 0 Å². The molecule has 0 spiro atoms. The van der Waals surface area contributed by atoms with Crippen molar-refractivity contribution in [2.45, 2.75) is 51.7 Å². The van der Waals surface area contributed by atoms with E-state index in [1.54, 1.807) is 12.3 Å². The molecular weight excluding hydrogens is 525 g/mol. The molecule has 1 fully saturated rings. The first-order valence-electron chi connectivity index (χ1n) is 12.1. The second-order valence-corrected chi connectivity index (χ2v) is 10.3. The Balaban J connectivity index is 1.57. The van der Waals surface area contributed by atoms with Gasteiger partial charge in [-0.1, -0.05) is 47.0 Å². The average molecular weight is 552 g/mol. The molecular formula is C28H27BrFN3O3. The number of hydrogen-bond donors (Lipinski definition) is 1. The second kappa shape index (κ2) is 10.4. The van der Waals surface area contributed by atoms with E-state index < -0.39 is 17.7 Å². The SMILES string of the molecule is Cc1ccc(COc2cc(F)c3nc([C@H]4CCCC[C@@H]4C(=O)O)n(Cc4ccc(Br)cc4)c3c2)nc1. The molecule has 5 rings (SSSR count). The highest BCUT2D eigenvalue weighted by Gasteiger charge is 2.35. The van der Waals surface area contributed by atoms with Crippen molar-refractivity contribution in [3.8, 4) is 5.75 Å². The lowest BCUT2D eigenvalue weighted by atomic mass is 9.78. The summed E-state index contributed by atoms with van der Waals surface area (Å²) < 4.78 is 24.2. The van der Waals surface area contributed by atoms with Crippen LogP contribution in [0.2, 0.25) is 0 Å². The molecule has 0 radical (unpaired) electrons. The van der Waals surface area contributed by atoms with Crippen LogP contribution in [0, 0.1) is 18.7 Å². The number of aryl methyl sites for hydroxylation is 1. The van der Waals surface area contributed by atoms with Crippen LogP contribution in [0.25, 0.3) is 11.0 Å². The first kappa shape index (κ1) is 24.4. The Morgan fingerprint density at radius 1 is 1.17 bits per heavy atom. The van der Waals surface area contributed by atoms with Crippen molar-refractivity contribution in [1.82, 2.24) is 14.5 Å². The number of carbonyl (C=O) groups is 1. The molecule has 2 aromatic heterocycles. The van der Waals surface area contributed by atoms with Gasteiger partial charge in [0.2, 0.25) is 0 Å². The Morgan fingerprint density at radius 3 is 2.67 bits per heavy atom. The van der Waals surface area contributed by atoms with Gasteiger partial charge in [0.05, 0.1) is 17.1 Å². The van der Waals surface area contributed by atoms with Crippen molar-refractivity contribution in [1.29, 1.82) is 0 Å². The van der Waals surface area contributed by atoms with Gasteiger partial charge in [-0.25, -0.2) is 9.37 Å². The molecule has 2 aromatic carbocycles. The number of aromatic nitrogens is 3. The number of aliphatic carboxylic acids is 1. The van der Waals surface area contributed by atoms with Crippen molar-refractivity contribution in [3.05, 3.63) is 87.7 Å². The molecule has 1 aliphatic rings. The molecule has 1 saturated carbocycles. The van der Waals surface area contributed by atoms with E-state index in [0.717, 1.165) is 34.1 Å². The second-order valence-electron chi connectivity index (χ2n) is 9.41. The van der Waals surface area contributed by atoms with E-state index in [0.29, 0.717) is 36.5 Å². The molecule has 0 unspecified atom stereocenters. The Hall–Kier alpha value is -3.26. The molecule has 8 heteroatoms. The third kappa shape index (κ3) is 5.14. The summed E-state index contributed by atoms with van der Waals surface area (Å²) in [5.41, 5.74) is 3.64. The van der Waals surface area contributed by atoms with Gasteiger partial charge < -0.3 is 14.4 Å². The quantitative estimate of drug-likeness (QED) is 0.279. The molecule has 186 valence electrons. The van der Waals surface area contributed by atoms with Gasteiger partial charge in [0.1, 0.15) is 23.7 Å². The smallest absolute Gasteiger partial charge is 0.307 e. The fourth-order valence-electron chi connectivity index (χ4n) is 4.96. The predicted octanol–water partition coefficient (Wildman–Crippen LogP) is 6.63. The van der Waals surface area contributed by atoms with E-state index in [1.165, 1.54) is 6.07 Å². The Morgan fingerprint density at radius 2 is 1.94 bits per heavy atom. The molecule has 2 atom stereocenters. The van der Waals surface area contributed by atoms with Crippen LogP contribution in [-0.4, -0.2) is 25.6 Å². The number of ether oxygens (including phenoxy) is 1. The summed E-state index contributed by atoms with van der Waals surface area (Å²) >= 11 is 3.47. The van der Waals surface area contributed by atoms with Gasteiger partial charge in [0, 0.05) is 35.3 Å². The first-order valence-corrected chi connectivity index (χ1v) is 12.9. The van der Waals surface area contributed by atoms with Gasteiger partial charge >= 0.3 is 5.97 Å². The van der Waals surface area contributed by atoms with Gasteiger partial charge in [0.15, 0.2) is 5.82 Å². The van der Waals surface area contributed by atoms with Gasteiger partial charge in [-0.2, -0.15) is 0 Å². The lowest BCUT2D eigenvalue weighted by Crippen LogP contribution is -2.27. The monoisotopic (exact) mass is 551 g/mol. The standard InChI is InChI=1S/C28H27BrFN3O3/c1-17-6-11-20(31-14-17)16-36-21-12-24(30)26-25(13-21)33(15-18-7-9-19(29)10-8-18)27(32-26)22-4-2-3-5-23(22)28(34)35/h6-14,22-23H,2-5,15-16H2,1H3,(H,34,35)/t22-,23-/m0/s1. The number of imidazole rings is 1. The predicted molar refractivity (Wildman–Crippen MR) is 139 cm³/mol. The molecule has 1 aliphatic carbocycles. The Kier molecular flexibility index (Phi) is 7.05. The zero-order valence-electron chi connectivity index (χ0n) is 20.0. The molecule has 4 aromatic rings. The van der Waals surface area contributed by atoms with Crippen molar-refractivity contribution >= 4 is 32.9 Å². The van der Waals surface area contributed by atoms with Gasteiger partial charge in [0.25, 0.3) is 0 Å². The number of fused-ring (bicyclic) bond motifs is 1. The maximum atomic E-state index is 15.3. The molecule has 36 heavy (non-hydrogen) atoms. The number of rotatable bonds is 7. The van der Waals surface area contributed by atoms with E-state index in [4.69, 9.17) is 9.72 Å². The topological polar surface area (TPSA) is 77.2 Å². The minimum Gasteiger partial charge on any atom is -0.487 e. The summed E-state index contributed by atoms with van der Waals surface area (Å²) in [6.45, 7) is 2.62. The summed E-state index contributed by atoms with van der Waals surface area (Å²) in [5, 5.41) is 9.91. The van der Waals surface area contributed by atoms with E-state index in [2.05, 4.69) is 20.9 Å². The molecule has 0 bridgehead atoms. The van der Waals surface area contributed by atoms with Crippen LogP contribution in [0.15, 0.2) is 59.2 Å². The Bertz CT molecular complexity index is 1390. The highest BCUT2D eigenvalue weighted by atomic mass is 79.9. The fourth-order valence-corrected chi connectivity index (χ4v) is 5.22. The van der Waals surface area contributed by atoms with Gasteiger partial charge in [-0.3, -0.25) is 9.78 Å². The number of carboxylic acids is 1. The minimum atomic E-state index is -0.822. The van der Waals surface area contributed by atoms with Crippen molar-refractivity contribution in [2.24, 2.45) is 5.92 Å². The van der Waals surface area contributed by atoms with Crippen LogP contribution < -0.4 is 4.74 Å². The number of carboxylic acid groups (broad SMARTS) is 1. The average Bonchev–Trinajstić information content (AvgIpc) is 3.23. The van der Waals surface area contributed by atoms with Crippen molar-refractivity contribution in [2.75, 3.05) is 0 Å². The number of pyridine rings is 1. The zero-order valence-corrected chi connectivity index (χ0v) is 21.5. The maximum absolute atomic E-state index is 15.3. The molecule has 6 nitrogen and oxygen atoms in total. The highest BCUT2D eigenvalue weighted by Crippen LogP contribution is 2.40. The summed E-state index contributed by atoms with van der Waals surface area (Å²) in [6, 6.07) is 14.9. The lowest BCUT2D eigenvalue weighted by Gasteiger charge is -2.28. The van der Waals surface area contributed by atoms with Crippen LogP contribution in [0.1, 0.15) is 54.2 Å². The molecule has 0 aliphatic heterocycles. The van der Waals surface area contributed by atoms with E-state index in [1.807, 2.05) is 47.9 Å². The lowest BCUT2D eigenvalue weighted by molar-refractivity contribution is -0.143. The summed E-state index contributed by atoms with van der Waals surface area (Å²) in [5.74, 6) is -1.12. The third-order valence-electron chi connectivity index (χ3n) is 6.84. The summed E-state index contributed by atoms with van der Waals surface area (Å²) in [7, 11) is 0. The normalized spacial score (nSPS) is 17.9. The van der Waals surface area contributed by atoms with Crippen LogP contribution in [0.3, 0.4) is 0 Å². The minimum absolute atomic E-state index is 0.211. The Labute approximate surface area is 217 Å². The molecule has 1 N–H and O–H groups in total. The van der Waals surface area contributed by atoms with E-state index in [9.17, 15) is 9.90 Å². The number of halogens is 2. The summed E-state index contributed by atoms with van der Waals surface area (Å²) in [6.07, 6.45) is 4.88. The van der Waals surface area contributed by atoms with Gasteiger partial charge in [-0.15, -0.1) is 0 Å².